The van der Waals surface area contributed by atoms with Gasteiger partial charge in [-0.05, 0) is 38.0 Å². The first-order valence-electron chi connectivity index (χ1n) is 7.04. The highest BCUT2D eigenvalue weighted by molar-refractivity contribution is 5.96. The molecule has 1 N–H and O–H groups in total. The van der Waals surface area contributed by atoms with Crippen LogP contribution in [-0.2, 0) is 4.74 Å². The van der Waals surface area contributed by atoms with E-state index in [4.69, 9.17) is 9.47 Å². The molecule has 112 valence electrons. The Kier molecular flexibility index (Phi) is 7.26. The maximum atomic E-state index is 11.5. The van der Waals surface area contributed by atoms with E-state index in [0.717, 1.165) is 18.4 Å². The highest BCUT2D eigenvalue weighted by atomic mass is 16.5. The smallest absolute Gasteiger partial charge is 0.163 e. The van der Waals surface area contributed by atoms with Crippen LogP contribution in [0, 0.1) is 6.92 Å². The number of ether oxygens (including phenoxy) is 2. The first kappa shape index (κ1) is 16.7. The Morgan fingerprint density at radius 1 is 1.35 bits per heavy atom. The van der Waals surface area contributed by atoms with Crippen LogP contribution in [0.25, 0.3) is 0 Å². The van der Waals surface area contributed by atoms with Crippen LogP contribution in [0.5, 0.6) is 5.75 Å². The van der Waals surface area contributed by atoms with Crippen molar-refractivity contribution in [3.63, 3.8) is 0 Å². The molecule has 4 heteroatoms. The number of Topliss-reactive ketones (excluding diaryl/α,β-unsaturated/α-hetero) is 1. The summed E-state index contributed by atoms with van der Waals surface area (Å²) in [7, 11) is 0. The zero-order chi connectivity index (χ0) is 15.0. The summed E-state index contributed by atoms with van der Waals surface area (Å²) in [6, 6.07) is 5.42. The van der Waals surface area contributed by atoms with E-state index in [1.165, 1.54) is 6.92 Å². The number of carbonyl (C=O) groups excluding carboxylic acids is 1. The lowest BCUT2D eigenvalue weighted by atomic mass is 10.1. The number of rotatable bonds is 9. The first-order valence-corrected chi connectivity index (χ1v) is 7.04. The van der Waals surface area contributed by atoms with Gasteiger partial charge >= 0.3 is 0 Å². The predicted octanol–water partition coefficient (Wildman–Crippen LogP) is 2.75. The molecule has 0 heterocycles. The summed E-state index contributed by atoms with van der Waals surface area (Å²) >= 11 is 0. The van der Waals surface area contributed by atoms with Gasteiger partial charge in [-0.3, -0.25) is 4.79 Å². The second kappa shape index (κ2) is 8.72. The standard InChI is InChI=1S/C16H24O4/c1-4-5-8-19-10-14(18)11-20-16-9-12(2)6-7-15(16)13(3)17/h6-7,9,14,18H,4-5,8,10-11H2,1-3H3. The Balaban J connectivity index is 2.48. The normalized spacial score (nSPS) is 12.2. The van der Waals surface area contributed by atoms with Crippen molar-refractivity contribution in [2.24, 2.45) is 0 Å². The van der Waals surface area contributed by atoms with Gasteiger partial charge in [0.2, 0.25) is 0 Å². The molecule has 1 atom stereocenters. The minimum atomic E-state index is -0.688. The van der Waals surface area contributed by atoms with Crippen LogP contribution in [0.3, 0.4) is 0 Å². The zero-order valence-electron chi connectivity index (χ0n) is 12.5. The van der Waals surface area contributed by atoms with Crippen molar-refractivity contribution in [3.8, 4) is 5.75 Å². The van der Waals surface area contributed by atoms with Crippen molar-refractivity contribution in [1.29, 1.82) is 0 Å². The summed E-state index contributed by atoms with van der Waals surface area (Å²) in [5.41, 5.74) is 1.55. The predicted molar refractivity (Wildman–Crippen MR) is 78.4 cm³/mol. The molecule has 0 saturated carbocycles. The van der Waals surface area contributed by atoms with Gasteiger partial charge in [-0.15, -0.1) is 0 Å². The average Bonchev–Trinajstić information content (AvgIpc) is 2.41. The van der Waals surface area contributed by atoms with E-state index in [9.17, 15) is 9.90 Å². The van der Waals surface area contributed by atoms with E-state index in [-0.39, 0.29) is 19.0 Å². The maximum Gasteiger partial charge on any atom is 0.163 e. The molecule has 20 heavy (non-hydrogen) atoms. The van der Waals surface area contributed by atoms with Gasteiger partial charge in [0.25, 0.3) is 0 Å². The van der Waals surface area contributed by atoms with Crippen molar-refractivity contribution in [1.82, 2.24) is 0 Å². The van der Waals surface area contributed by atoms with Gasteiger partial charge in [0.05, 0.1) is 12.2 Å². The van der Waals surface area contributed by atoms with Gasteiger partial charge in [-0.1, -0.05) is 19.4 Å². The molecule has 1 aromatic rings. The number of ketones is 1. The molecule has 1 rings (SSSR count). The van der Waals surface area contributed by atoms with Crippen molar-refractivity contribution in [2.75, 3.05) is 19.8 Å². The van der Waals surface area contributed by atoms with E-state index >= 15 is 0 Å². The van der Waals surface area contributed by atoms with Gasteiger partial charge in [0, 0.05) is 6.61 Å². The fraction of sp³-hybridized carbons (Fsp3) is 0.562. The minimum absolute atomic E-state index is 0.0475. The molecule has 0 bridgehead atoms. The van der Waals surface area contributed by atoms with Crippen LogP contribution < -0.4 is 4.74 Å². The number of hydrogen-bond acceptors (Lipinski definition) is 4. The van der Waals surface area contributed by atoms with Crippen molar-refractivity contribution < 1.29 is 19.4 Å². The molecule has 4 nitrogen and oxygen atoms in total. The molecular weight excluding hydrogens is 256 g/mol. The molecule has 0 radical (unpaired) electrons. The molecular formula is C16H24O4. The van der Waals surface area contributed by atoms with E-state index in [2.05, 4.69) is 6.92 Å². The summed E-state index contributed by atoms with van der Waals surface area (Å²) < 4.78 is 10.9. The van der Waals surface area contributed by atoms with E-state index in [0.29, 0.717) is 17.9 Å². The number of hydrogen-bond donors (Lipinski definition) is 1. The van der Waals surface area contributed by atoms with Gasteiger partial charge < -0.3 is 14.6 Å². The zero-order valence-corrected chi connectivity index (χ0v) is 12.5. The molecule has 0 saturated heterocycles. The molecule has 0 aliphatic carbocycles. The number of unbranched alkanes of at least 4 members (excludes halogenated alkanes) is 1. The minimum Gasteiger partial charge on any atom is -0.490 e. The highest BCUT2D eigenvalue weighted by Crippen LogP contribution is 2.21. The van der Waals surface area contributed by atoms with Crippen LogP contribution >= 0.6 is 0 Å². The van der Waals surface area contributed by atoms with Crippen LogP contribution in [0.2, 0.25) is 0 Å². The summed E-state index contributed by atoms with van der Waals surface area (Å²) in [4.78, 5) is 11.5. The summed E-state index contributed by atoms with van der Waals surface area (Å²) in [6.45, 7) is 6.54. The second-order valence-electron chi connectivity index (χ2n) is 4.95. The summed E-state index contributed by atoms with van der Waals surface area (Å²) in [5, 5.41) is 9.77. The monoisotopic (exact) mass is 280 g/mol. The van der Waals surface area contributed by atoms with Gasteiger partial charge in [0.1, 0.15) is 18.5 Å². The molecule has 0 aromatic heterocycles. The van der Waals surface area contributed by atoms with Crippen LogP contribution in [0.15, 0.2) is 18.2 Å². The van der Waals surface area contributed by atoms with Gasteiger partial charge in [0.15, 0.2) is 5.78 Å². The van der Waals surface area contributed by atoms with Gasteiger partial charge in [-0.25, -0.2) is 0 Å². The lowest BCUT2D eigenvalue weighted by molar-refractivity contribution is 0.0111. The van der Waals surface area contributed by atoms with Gasteiger partial charge in [-0.2, -0.15) is 0 Å². The summed E-state index contributed by atoms with van der Waals surface area (Å²) in [6.07, 6.45) is 1.37. The van der Waals surface area contributed by atoms with E-state index < -0.39 is 6.10 Å². The van der Waals surface area contributed by atoms with Crippen LogP contribution in [0.4, 0.5) is 0 Å². The van der Waals surface area contributed by atoms with Crippen LogP contribution in [-0.4, -0.2) is 36.8 Å². The van der Waals surface area contributed by atoms with Crippen molar-refractivity contribution in [2.45, 2.75) is 39.7 Å². The molecule has 0 aliphatic heterocycles. The third-order valence-corrected chi connectivity index (χ3v) is 2.90. The third-order valence-electron chi connectivity index (χ3n) is 2.90. The summed E-state index contributed by atoms with van der Waals surface area (Å²) in [5.74, 6) is 0.471. The van der Waals surface area contributed by atoms with E-state index in [1.54, 1.807) is 12.1 Å². The second-order valence-corrected chi connectivity index (χ2v) is 4.95. The Morgan fingerprint density at radius 2 is 2.10 bits per heavy atom. The number of benzene rings is 1. The van der Waals surface area contributed by atoms with E-state index in [1.807, 2.05) is 13.0 Å². The fourth-order valence-corrected chi connectivity index (χ4v) is 1.74. The SMILES string of the molecule is CCCCOCC(O)COc1cc(C)ccc1C(C)=O. The third kappa shape index (κ3) is 5.72. The van der Waals surface area contributed by atoms with Crippen LogP contribution in [0.1, 0.15) is 42.6 Å². The molecule has 0 fully saturated rings. The maximum absolute atomic E-state index is 11.5. The largest absolute Gasteiger partial charge is 0.490 e. The number of aliphatic hydroxyl groups is 1. The number of aliphatic hydroxyl groups excluding tert-OH is 1. The quantitative estimate of drug-likeness (QED) is 0.558. The highest BCUT2D eigenvalue weighted by Gasteiger charge is 2.11. The Hall–Kier alpha value is -1.39. The number of carbonyl (C=O) groups is 1. The number of aryl methyl sites for hydroxylation is 1. The Morgan fingerprint density at radius 3 is 2.75 bits per heavy atom. The average molecular weight is 280 g/mol. The topological polar surface area (TPSA) is 55.8 Å². The lowest BCUT2D eigenvalue weighted by Gasteiger charge is -2.15. The fourth-order valence-electron chi connectivity index (χ4n) is 1.74. The Labute approximate surface area is 120 Å². The lowest BCUT2D eigenvalue weighted by Crippen LogP contribution is -2.24. The molecule has 1 unspecified atom stereocenters. The molecule has 0 amide bonds. The van der Waals surface area contributed by atoms with Crippen molar-refractivity contribution in [3.05, 3.63) is 29.3 Å². The Bertz CT molecular complexity index is 428. The molecule has 1 aromatic carbocycles. The van der Waals surface area contributed by atoms with Crippen molar-refractivity contribution >= 4 is 5.78 Å². The molecule has 0 spiro atoms. The molecule has 0 aliphatic rings. The first-order chi connectivity index (χ1) is 9.54.